The highest BCUT2D eigenvalue weighted by molar-refractivity contribution is 6.02. The number of benzene rings is 1. The highest BCUT2D eigenvalue weighted by Gasteiger charge is 2.15. The molecule has 0 radical (unpaired) electrons. The topological polar surface area (TPSA) is 113 Å². The molecule has 0 atom stereocenters. The third-order valence-electron chi connectivity index (χ3n) is 4.27. The van der Waals surface area contributed by atoms with Crippen LogP contribution in [0, 0.1) is 0 Å². The molecular weight excluding hydrogens is 320 g/mol. The average Bonchev–Trinajstić information content (AvgIpc) is 2.60. The number of hydrogen-bond acceptors (Lipinski definition) is 3. The molecule has 1 aliphatic carbocycles. The molecule has 1 fully saturated rings. The predicted octanol–water partition coefficient (Wildman–Crippen LogP) is 2.14. The van der Waals surface area contributed by atoms with Crippen LogP contribution in [-0.4, -0.2) is 30.4 Å². The summed E-state index contributed by atoms with van der Waals surface area (Å²) in [5, 5.41) is 8.42. The van der Waals surface area contributed by atoms with Gasteiger partial charge >= 0.3 is 6.03 Å². The van der Waals surface area contributed by atoms with Gasteiger partial charge in [0.1, 0.15) is 0 Å². The molecule has 1 saturated carbocycles. The molecule has 0 unspecified atom stereocenters. The number of hydrogen-bond donors (Lipinski definition) is 4. The van der Waals surface area contributed by atoms with Gasteiger partial charge in [-0.2, -0.15) is 0 Å². The number of nitrogens with one attached hydrogen (secondary N) is 3. The van der Waals surface area contributed by atoms with Crippen molar-refractivity contribution in [3.8, 4) is 0 Å². The van der Waals surface area contributed by atoms with E-state index in [1.807, 2.05) is 0 Å². The van der Waals surface area contributed by atoms with Gasteiger partial charge in [0.15, 0.2) is 0 Å². The fourth-order valence-corrected chi connectivity index (χ4v) is 2.95. The van der Waals surface area contributed by atoms with Gasteiger partial charge in [-0.05, 0) is 31.4 Å². The van der Waals surface area contributed by atoms with Crippen molar-refractivity contribution in [2.75, 3.05) is 11.9 Å². The largest absolute Gasteiger partial charge is 0.366 e. The molecule has 0 bridgehead atoms. The van der Waals surface area contributed by atoms with E-state index in [1.54, 1.807) is 24.3 Å². The number of carbonyl (C=O) groups excluding carboxylic acids is 3. The molecule has 5 N–H and O–H groups in total. The van der Waals surface area contributed by atoms with Gasteiger partial charge in [0, 0.05) is 19.0 Å². The quantitative estimate of drug-likeness (QED) is 0.567. The fraction of sp³-hybridized carbons (Fsp3) is 0.500. The molecule has 2 rings (SSSR count). The monoisotopic (exact) mass is 346 g/mol. The van der Waals surface area contributed by atoms with Crippen LogP contribution in [0.1, 0.15) is 55.3 Å². The Morgan fingerprint density at radius 1 is 1.08 bits per heavy atom. The smallest absolute Gasteiger partial charge is 0.315 e. The van der Waals surface area contributed by atoms with Crippen LogP contribution in [-0.2, 0) is 4.79 Å². The standard InChI is InChI=1S/C18H26N4O3/c19-17(24)14-9-4-5-10-15(14)22-16(23)11-6-12-20-18(25)21-13-7-2-1-3-8-13/h4-5,9-10,13H,1-3,6-8,11-12H2,(H2,19,24)(H,22,23)(H2,20,21,25). The molecule has 0 saturated heterocycles. The van der Waals surface area contributed by atoms with Gasteiger partial charge in [-0.3, -0.25) is 9.59 Å². The maximum atomic E-state index is 12.0. The van der Waals surface area contributed by atoms with Crippen molar-refractivity contribution in [3.63, 3.8) is 0 Å². The molecular formula is C18H26N4O3. The minimum Gasteiger partial charge on any atom is -0.366 e. The lowest BCUT2D eigenvalue weighted by molar-refractivity contribution is -0.116. The van der Waals surface area contributed by atoms with E-state index in [4.69, 9.17) is 5.73 Å². The van der Waals surface area contributed by atoms with Crippen LogP contribution >= 0.6 is 0 Å². The predicted molar refractivity (Wildman–Crippen MR) is 96.2 cm³/mol. The number of amides is 4. The third-order valence-corrected chi connectivity index (χ3v) is 4.27. The maximum Gasteiger partial charge on any atom is 0.315 e. The van der Waals surface area contributed by atoms with Crippen molar-refractivity contribution in [2.24, 2.45) is 5.73 Å². The molecule has 0 aromatic heterocycles. The second kappa shape index (κ2) is 9.66. The summed E-state index contributed by atoms with van der Waals surface area (Å²) in [6.07, 6.45) is 6.41. The Labute approximate surface area is 147 Å². The summed E-state index contributed by atoms with van der Waals surface area (Å²) in [6.45, 7) is 0.420. The minimum absolute atomic E-state index is 0.175. The van der Waals surface area contributed by atoms with Gasteiger partial charge < -0.3 is 21.7 Å². The molecule has 136 valence electrons. The van der Waals surface area contributed by atoms with Crippen molar-refractivity contribution < 1.29 is 14.4 Å². The van der Waals surface area contributed by atoms with E-state index in [1.165, 1.54) is 6.42 Å². The summed E-state index contributed by atoms with van der Waals surface area (Å²) in [4.78, 5) is 35.1. The number of urea groups is 1. The Kier molecular flexibility index (Phi) is 7.25. The lowest BCUT2D eigenvalue weighted by Crippen LogP contribution is -2.43. The summed E-state index contributed by atoms with van der Waals surface area (Å²) in [5.74, 6) is -0.805. The number of primary amides is 1. The molecule has 25 heavy (non-hydrogen) atoms. The Hall–Kier alpha value is -2.57. The maximum absolute atomic E-state index is 12.0. The fourth-order valence-electron chi connectivity index (χ4n) is 2.95. The third kappa shape index (κ3) is 6.45. The first-order valence-corrected chi connectivity index (χ1v) is 8.79. The van der Waals surface area contributed by atoms with E-state index in [2.05, 4.69) is 16.0 Å². The number of anilines is 1. The second-order valence-electron chi connectivity index (χ2n) is 6.30. The molecule has 1 aliphatic rings. The van der Waals surface area contributed by atoms with E-state index >= 15 is 0 Å². The second-order valence-corrected chi connectivity index (χ2v) is 6.30. The van der Waals surface area contributed by atoms with E-state index < -0.39 is 5.91 Å². The Balaban J connectivity index is 1.65. The first-order valence-electron chi connectivity index (χ1n) is 8.79. The van der Waals surface area contributed by atoms with Crippen LogP contribution in [0.3, 0.4) is 0 Å². The summed E-state index contributed by atoms with van der Waals surface area (Å²) >= 11 is 0. The zero-order valence-electron chi connectivity index (χ0n) is 14.3. The van der Waals surface area contributed by atoms with Gasteiger partial charge in [0.2, 0.25) is 5.91 Å². The van der Waals surface area contributed by atoms with Crippen LogP contribution in [0.5, 0.6) is 0 Å². The molecule has 0 aliphatic heterocycles. The van der Waals surface area contributed by atoms with Crippen molar-refractivity contribution in [2.45, 2.75) is 51.0 Å². The van der Waals surface area contributed by atoms with Crippen molar-refractivity contribution >= 4 is 23.5 Å². The Morgan fingerprint density at radius 2 is 1.80 bits per heavy atom. The molecule has 1 aromatic rings. The van der Waals surface area contributed by atoms with Crippen LogP contribution in [0.25, 0.3) is 0 Å². The number of rotatable bonds is 7. The van der Waals surface area contributed by atoms with Gasteiger partial charge in [-0.1, -0.05) is 31.4 Å². The molecule has 7 nitrogen and oxygen atoms in total. The van der Waals surface area contributed by atoms with Crippen LogP contribution in [0.15, 0.2) is 24.3 Å². The van der Waals surface area contributed by atoms with Gasteiger partial charge in [0.25, 0.3) is 5.91 Å². The number of nitrogens with two attached hydrogens (primary N) is 1. The summed E-state index contributed by atoms with van der Waals surface area (Å²) < 4.78 is 0. The first-order chi connectivity index (χ1) is 12.1. The summed E-state index contributed by atoms with van der Waals surface area (Å²) in [6, 6.07) is 6.70. The minimum atomic E-state index is -0.586. The normalized spacial score (nSPS) is 14.6. The van der Waals surface area contributed by atoms with Crippen LogP contribution in [0.2, 0.25) is 0 Å². The molecule has 0 spiro atoms. The Bertz CT molecular complexity index is 612. The van der Waals surface area contributed by atoms with Crippen molar-refractivity contribution in [1.29, 1.82) is 0 Å². The van der Waals surface area contributed by atoms with Gasteiger partial charge in [0.05, 0.1) is 11.3 Å². The van der Waals surface area contributed by atoms with E-state index in [0.717, 1.165) is 25.7 Å². The zero-order valence-corrected chi connectivity index (χ0v) is 14.3. The SMILES string of the molecule is NC(=O)c1ccccc1NC(=O)CCCNC(=O)NC1CCCCC1. The highest BCUT2D eigenvalue weighted by atomic mass is 16.2. The summed E-state index contributed by atoms with van der Waals surface area (Å²) in [5.41, 5.74) is 5.96. The average molecular weight is 346 g/mol. The lowest BCUT2D eigenvalue weighted by atomic mass is 9.96. The first kappa shape index (κ1) is 18.8. The molecule has 1 aromatic carbocycles. The van der Waals surface area contributed by atoms with Crippen molar-refractivity contribution in [3.05, 3.63) is 29.8 Å². The molecule has 4 amide bonds. The highest BCUT2D eigenvalue weighted by Crippen LogP contribution is 2.17. The number of para-hydroxylation sites is 1. The zero-order chi connectivity index (χ0) is 18.1. The number of carbonyl (C=O) groups is 3. The van der Waals surface area contributed by atoms with E-state index in [0.29, 0.717) is 18.7 Å². The van der Waals surface area contributed by atoms with Crippen molar-refractivity contribution in [1.82, 2.24) is 10.6 Å². The van der Waals surface area contributed by atoms with E-state index in [9.17, 15) is 14.4 Å². The van der Waals surface area contributed by atoms with Gasteiger partial charge in [-0.15, -0.1) is 0 Å². The lowest BCUT2D eigenvalue weighted by Gasteiger charge is -2.22. The van der Waals surface area contributed by atoms with Crippen LogP contribution < -0.4 is 21.7 Å². The van der Waals surface area contributed by atoms with Crippen LogP contribution in [0.4, 0.5) is 10.5 Å². The molecule has 0 heterocycles. The Morgan fingerprint density at radius 3 is 2.52 bits per heavy atom. The molecule has 7 heteroatoms. The van der Waals surface area contributed by atoms with Gasteiger partial charge in [-0.25, -0.2) is 4.79 Å². The summed E-state index contributed by atoms with van der Waals surface area (Å²) in [7, 11) is 0. The van der Waals surface area contributed by atoms with E-state index in [-0.39, 0.29) is 30.0 Å².